The molecule has 0 atom stereocenters. The van der Waals surface area contributed by atoms with Gasteiger partial charge < -0.3 is 14.8 Å². The minimum atomic E-state index is -0.355. The molecule has 0 saturated heterocycles. The van der Waals surface area contributed by atoms with E-state index < -0.39 is 0 Å². The van der Waals surface area contributed by atoms with E-state index in [1.165, 1.54) is 18.4 Å². The quantitative estimate of drug-likeness (QED) is 0.791. The average molecular weight is 333 g/mol. The number of ether oxygens (including phenoxy) is 2. The van der Waals surface area contributed by atoms with E-state index in [2.05, 4.69) is 10.1 Å². The molecule has 6 heteroatoms. The van der Waals surface area contributed by atoms with Crippen molar-refractivity contribution in [1.29, 1.82) is 0 Å². The van der Waals surface area contributed by atoms with Crippen LogP contribution in [0.5, 0.6) is 5.75 Å². The van der Waals surface area contributed by atoms with Gasteiger partial charge in [0.2, 0.25) is 0 Å². The molecule has 1 N–H and O–H groups in total. The number of hydrogen-bond acceptors (Lipinski definition) is 5. The topological polar surface area (TPSA) is 64.6 Å². The lowest BCUT2D eigenvalue weighted by Crippen LogP contribution is -2.26. The molecule has 0 unspecified atom stereocenters. The highest BCUT2D eigenvalue weighted by Crippen LogP contribution is 2.36. The summed E-state index contributed by atoms with van der Waals surface area (Å²) in [6.45, 7) is 2.59. The van der Waals surface area contributed by atoms with Crippen LogP contribution in [0.4, 0.5) is 0 Å². The van der Waals surface area contributed by atoms with E-state index in [9.17, 15) is 9.59 Å². The number of hydrogen-bond donors (Lipinski definition) is 1. The van der Waals surface area contributed by atoms with Gasteiger partial charge in [0.25, 0.3) is 5.91 Å². The van der Waals surface area contributed by atoms with Crippen molar-refractivity contribution in [3.8, 4) is 16.2 Å². The summed E-state index contributed by atoms with van der Waals surface area (Å²) in [6.07, 6.45) is 0.142. The number of benzene rings is 1. The van der Waals surface area contributed by atoms with Gasteiger partial charge in [-0.05, 0) is 18.6 Å². The molecule has 122 valence electrons. The standard InChI is InChI=1S/C17H19NO4S/c1-3-22-13-11-14(12-7-5-4-6-8-12)23-16(13)17(20)18-10-9-15(19)21-2/h4-8,11H,3,9-10H2,1-2H3,(H,18,20). The zero-order chi connectivity index (χ0) is 16.7. The van der Waals surface area contributed by atoms with Gasteiger partial charge in [-0.15, -0.1) is 11.3 Å². The minimum absolute atomic E-state index is 0.142. The highest BCUT2D eigenvalue weighted by atomic mass is 32.1. The maximum Gasteiger partial charge on any atom is 0.307 e. The van der Waals surface area contributed by atoms with Crippen molar-refractivity contribution in [3.05, 3.63) is 41.3 Å². The fraction of sp³-hybridized carbons (Fsp3) is 0.294. The molecule has 1 heterocycles. The van der Waals surface area contributed by atoms with Crippen molar-refractivity contribution in [1.82, 2.24) is 5.32 Å². The van der Waals surface area contributed by atoms with Crippen molar-refractivity contribution >= 4 is 23.2 Å². The molecule has 0 aliphatic rings. The lowest BCUT2D eigenvalue weighted by atomic mass is 10.2. The van der Waals surface area contributed by atoms with Crippen LogP contribution >= 0.6 is 11.3 Å². The second-order valence-electron chi connectivity index (χ2n) is 4.69. The molecule has 0 aliphatic carbocycles. The smallest absolute Gasteiger partial charge is 0.307 e. The summed E-state index contributed by atoms with van der Waals surface area (Å²) in [7, 11) is 1.32. The second-order valence-corrected chi connectivity index (χ2v) is 5.74. The fourth-order valence-corrected chi connectivity index (χ4v) is 3.02. The molecule has 5 nitrogen and oxygen atoms in total. The SMILES string of the molecule is CCOc1cc(-c2ccccc2)sc1C(=O)NCCC(=O)OC. The van der Waals surface area contributed by atoms with Crippen molar-refractivity contribution in [2.24, 2.45) is 0 Å². The lowest BCUT2D eigenvalue weighted by Gasteiger charge is -2.05. The molecule has 1 aromatic carbocycles. The molecule has 1 amide bonds. The Morgan fingerprint density at radius 3 is 2.61 bits per heavy atom. The van der Waals surface area contributed by atoms with Crippen LogP contribution in [0.2, 0.25) is 0 Å². The van der Waals surface area contributed by atoms with Crippen molar-refractivity contribution in [2.45, 2.75) is 13.3 Å². The number of carbonyl (C=O) groups excluding carboxylic acids is 2. The molecule has 0 aliphatic heterocycles. The molecule has 2 rings (SSSR count). The lowest BCUT2D eigenvalue weighted by molar-refractivity contribution is -0.140. The van der Waals surface area contributed by atoms with E-state index >= 15 is 0 Å². The molecule has 0 spiro atoms. The summed E-state index contributed by atoms with van der Waals surface area (Å²) in [4.78, 5) is 24.9. The Labute approximate surface area is 139 Å². The van der Waals surface area contributed by atoms with Crippen LogP contribution in [0.3, 0.4) is 0 Å². The highest BCUT2D eigenvalue weighted by molar-refractivity contribution is 7.17. The maximum absolute atomic E-state index is 12.3. The molecule has 23 heavy (non-hydrogen) atoms. The number of methoxy groups -OCH3 is 1. The Balaban J connectivity index is 2.14. The number of rotatable bonds is 7. The van der Waals surface area contributed by atoms with Gasteiger partial charge in [-0.1, -0.05) is 30.3 Å². The molecule has 2 aromatic rings. The van der Waals surface area contributed by atoms with Crippen LogP contribution in [0.25, 0.3) is 10.4 Å². The van der Waals surface area contributed by atoms with E-state index in [-0.39, 0.29) is 24.8 Å². The largest absolute Gasteiger partial charge is 0.492 e. The number of carbonyl (C=O) groups is 2. The van der Waals surface area contributed by atoms with Crippen molar-refractivity contribution in [2.75, 3.05) is 20.3 Å². The summed E-state index contributed by atoms with van der Waals surface area (Å²) in [5, 5.41) is 2.72. The monoisotopic (exact) mass is 333 g/mol. The third-order valence-electron chi connectivity index (χ3n) is 3.10. The highest BCUT2D eigenvalue weighted by Gasteiger charge is 2.18. The van der Waals surface area contributed by atoms with Crippen LogP contribution in [-0.4, -0.2) is 32.1 Å². The van der Waals surface area contributed by atoms with Gasteiger partial charge in [0, 0.05) is 11.4 Å². The number of nitrogens with one attached hydrogen (secondary N) is 1. The fourth-order valence-electron chi connectivity index (χ4n) is 2.00. The van der Waals surface area contributed by atoms with Gasteiger partial charge in [-0.3, -0.25) is 9.59 Å². The molecular formula is C17H19NO4S. The predicted octanol–water partition coefficient (Wildman–Crippen LogP) is 3.11. The van der Waals surface area contributed by atoms with E-state index in [1.54, 1.807) is 0 Å². The second kappa shape index (κ2) is 8.33. The summed E-state index contributed by atoms with van der Waals surface area (Å²) < 4.78 is 10.1. The van der Waals surface area contributed by atoms with Crippen LogP contribution in [-0.2, 0) is 9.53 Å². The number of thiophene rings is 1. The van der Waals surface area contributed by atoms with Crippen molar-refractivity contribution in [3.63, 3.8) is 0 Å². The van der Waals surface area contributed by atoms with Crippen molar-refractivity contribution < 1.29 is 19.1 Å². The molecule has 0 saturated carbocycles. The summed E-state index contributed by atoms with van der Waals surface area (Å²) >= 11 is 1.37. The van der Waals surface area contributed by atoms with Crippen LogP contribution in [0, 0.1) is 0 Å². The predicted molar refractivity (Wildman–Crippen MR) is 89.9 cm³/mol. The first kappa shape index (κ1) is 17.0. The van der Waals surface area contributed by atoms with Gasteiger partial charge in [0.05, 0.1) is 20.1 Å². The van der Waals surface area contributed by atoms with Crippen LogP contribution < -0.4 is 10.1 Å². The zero-order valence-electron chi connectivity index (χ0n) is 13.1. The number of esters is 1. The summed E-state index contributed by atoms with van der Waals surface area (Å²) in [5.41, 5.74) is 1.03. The first-order valence-electron chi connectivity index (χ1n) is 7.32. The minimum Gasteiger partial charge on any atom is -0.492 e. The van der Waals surface area contributed by atoms with E-state index in [0.717, 1.165) is 10.4 Å². The maximum atomic E-state index is 12.3. The molecule has 0 radical (unpaired) electrons. The Morgan fingerprint density at radius 1 is 1.22 bits per heavy atom. The molecular weight excluding hydrogens is 314 g/mol. The van der Waals surface area contributed by atoms with Crippen LogP contribution in [0.15, 0.2) is 36.4 Å². The van der Waals surface area contributed by atoms with Gasteiger partial charge in [-0.2, -0.15) is 0 Å². The first-order chi connectivity index (χ1) is 11.2. The Kier molecular flexibility index (Phi) is 6.17. The Hall–Kier alpha value is -2.34. The normalized spacial score (nSPS) is 10.2. The molecule has 0 bridgehead atoms. The van der Waals surface area contributed by atoms with Crippen LogP contribution in [0.1, 0.15) is 23.0 Å². The van der Waals surface area contributed by atoms with Gasteiger partial charge in [-0.25, -0.2) is 0 Å². The van der Waals surface area contributed by atoms with E-state index in [4.69, 9.17) is 4.74 Å². The summed E-state index contributed by atoms with van der Waals surface area (Å²) in [5.74, 6) is -0.0389. The molecule has 0 fully saturated rings. The van der Waals surface area contributed by atoms with Gasteiger partial charge in [0.1, 0.15) is 10.6 Å². The third kappa shape index (κ3) is 4.56. The first-order valence-corrected chi connectivity index (χ1v) is 8.14. The van der Waals surface area contributed by atoms with E-state index in [0.29, 0.717) is 17.2 Å². The summed E-state index contributed by atoms with van der Waals surface area (Å²) in [6, 6.07) is 11.7. The third-order valence-corrected chi connectivity index (χ3v) is 4.27. The number of amides is 1. The Bertz CT molecular complexity index is 666. The van der Waals surface area contributed by atoms with Gasteiger partial charge in [0.15, 0.2) is 0 Å². The Morgan fingerprint density at radius 2 is 1.96 bits per heavy atom. The molecule has 1 aromatic heterocycles. The average Bonchev–Trinajstić information content (AvgIpc) is 3.00. The van der Waals surface area contributed by atoms with Gasteiger partial charge >= 0.3 is 5.97 Å². The van der Waals surface area contributed by atoms with E-state index in [1.807, 2.05) is 43.3 Å². The zero-order valence-corrected chi connectivity index (χ0v) is 13.9.